The number of hydrogen-bond donors (Lipinski definition) is 0. The van der Waals surface area contributed by atoms with Gasteiger partial charge in [-0.3, -0.25) is 14.4 Å². The third kappa shape index (κ3) is 45.4. The highest BCUT2D eigenvalue weighted by molar-refractivity contribution is 5.71. The van der Waals surface area contributed by atoms with Crippen molar-refractivity contribution < 1.29 is 28.6 Å². The van der Waals surface area contributed by atoms with Crippen LogP contribution >= 0.6 is 0 Å². The van der Waals surface area contributed by atoms with Crippen LogP contribution < -0.4 is 0 Å². The number of carbonyl (C=O) groups is 3. The Kier molecular flexibility index (Phi) is 45.1. The van der Waals surface area contributed by atoms with Gasteiger partial charge >= 0.3 is 17.9 Å². The summed E-state index contributed by atoms with van der Waals surface area (Å²) in [5.74, 6) is -1.00. The highest BCUT2D eigenvalue weighted by Crippen LogP contribution is 2.14. The highest BCUT2D eigenvalue weighted by atomic mass is 16.6. The van der Waals surface area contributed by atoms with Gasteiger partial charge in [-0.2, -0.15) is 0 Å². The van der Waals surface area contributed by atoms with Crippen molar-refractivity contribution in [3.8, 4) is 0 Å². The first kappa shape index (κ1) is 56.3. The van der Waals surface area contributed by atoms with Crippen molar-refractivity contribution in [2.75, 3.05) is 13.2 Å². The zero-order valence-electron chi connectivity index (χ0n) is 38.7. The van der Waals surface area contributed by atoms with Crippen molar-refractivity contribution >= 4 is 17.9 Å². The van der Waals surface area contributed by atoms with Crippen molar-refractivity contribution in [3.05, 3.63) is 97.2 Å². The minimum Gasteiger partial charge on any atom is -0.462 e. The molecular formula is C54H88O6. The number of rotatable bonds is 42. The number of hydrogen-bond acceptors (Lipinski definition) is 6. The van der Waals surface area contributed by atoms with E-state index < -0.39 is 6.10 Å². The molecule has 0 fully saturated rings. The maximum absolute atomic E-state index is 12.7. The van der Waals surface area contributed by atoms with E-state index in [1.165, 1.54) is 57.8 Å². The molecule has 0 aliphatic heterocycles. The van der Waals surface area contributed by atoms with Crippen molar-refractivity contribution in [1.29, 1.82) is 0 Å². The van der Waals surface area contributed by atoms with Crippen LogP contribution in [0.2, 0.25) is 0 Å². The van der Waals surface area contributed by atoms with E-state index in [0.717, 1.165) is 103 Å². The molecule has 0 aliphatic carbocycles. The molecule has 6 nitrogen and oxygen atoms in total. The molecule has 1 unspecified atom stereocenters. The first-order valence-corrected chi connectivity index (χ1v) is 24.2. The van der Waals surface area contributed by atoms with Gasteiger partial charge in [-0.05, 0) is 89.9 Å². The summed E-state index contributed by atoms with van der Waals surface area (Å²) in [5, 5.41) is 0. The Balaban J connectivity index is 4.52. The number of unbranched alkanes of at least 4 members (excludes halogenated alkanes) is 15. The molecule has 0 bridgehead atoms. The van der Waals surface area contributed by atoms with Crippen LogP contribution in [0.15, 0.2) is 97.2 Å². The molecule has 1 atom stereocenters. The van der Waals surface area contributed by atoms with Crippen LogP contribution in [0.3, 0.4) is 0 Å². The van der Waals surface area contributed by atoms with Crippen LogP contribution in [0.1, 0.15) is 207 Å². The second-order valence-electron chi connectivity index (χ2n) is 15.6. The van der Waals surface area contributed by atoms with Crippen molar-refractivity contribution in [2.45, 2.75) is 213 Å². The molecule has 60 heavy (non-hydrogen) atoms. The molecule has 0 aromatic carbocycles. The minimum atomic E-state index is -0.813. The van der Waals surface area contributed by atoms with Gasteiger partial charge in [0.1, 0.15) is 13.2 Å². The molecule has 0 heterocycles. The largest absolute Gasteiger partial charge is 0.462 e. The fraction of sp³-hybridized carbons (Fsp3) is 0.648. The molecule has 6 heteroatoms. The van der Waals surface area contributed by atoms with Crippen molar-refractivity contribution in [2.24, 2.45) is 0 Å². The SMILES string of the molecule is CC/C=C\C/C=C\C/C=C\C/C=C\C/C=C\CCCC(=O)OCC(COC(=O)CCCCCCCCCCCCCC)OC(=O)CCCCC/C=C\C/C=C\C/C=C\CC. The Morgan fingerprint density at radius 2 is 0.667 bits per heavy atom. The second kappa shape index (κ2) is 48.0. The van der Waals surface area contributed by atoms with E-state index in [9.17, 15) is 14.4 Å². The van der Waals surface area contributed by atoms with Crippen LogP contribution in [-0.4, -0.2) is 37.2 Å². The lowest BCUT2D eigenvalue weighted by atomic mass is 10.0. The summed E-state index contributed by atoms with van der Waals surface area (Å²) in [6, 6.07) is 0. The van der Waals surface area contributed by atoms with Gasteiger partial charge in [0.25, 0.3) is 0 Å². The quantitative estimate of drug-likeness (QED) is 0.0264. The lowest BCUT2D eigenvalue weighted by Gasteiger charge is -2.18. The fourth-order valence-corrected chi connectivity index (χ4v) is 6.26. The Bertz CT molecular complexity index is 1230. The van der Waals surface area contributed by atoms with E-state index in [0.29, 0.717) is 12.8 Å². The molecule has 0 radical (unpaired) electrons. The molecule has 0 spiro atoms. The molecule has 0 aromatic rings. The molecule has 0 saturated heterocycles. The molecule has 0 saturated carbocycles. The van der Waals surface area contributed by atoms with Crippen molar-refractivity contribution in [3.63, 3.8) is 0 Å². The number of esters is 3. The number of carbonyl (C=O) groups excluding carboxylic acids is 3. The second-order valence-corrected chi connectivity index (χ2v) is 15.6. The van der Waals surface area contributed by atoms with E-state index in [2.05, 4.69) is 118 Å². The zero-order chi connectivity index (χ0) is 43.7. The average Bonchev–Trinajstić information content (AvgIpc) is 3.24. The van der Waals surface area contributed by atoms with Crippen LogP contribution in [0.5, 0.6) is 0 Å². The van der Waals surface area contributed by atoms with Crippen LogP contribution in [-0.2, 0) is 28.6 Å². The van der Waals surface area contributed by atoms with E-state index in [-0.39, 0.29) is 44.0 Å². The topological polar surface area (TPSA) is 78.9 Å². The Hall–Kier alpha value is -3.67. The zero-order valence-corrected chi connectivity index (χ0v) is 38.7. The molecule has 0 aromatic heterocycles. The summed E-state index contributed by atoms with van der Waals surface area (Å²) < 4.78 is 16.7. The monoisotopic (exact) mass is 833 g/mol. The number of allylic oxidation sites excluding steroid dienone is 16. The van der Waals surface area contributed by atoms with E-state index in [1.807, 2.05) is 0 Å². The summed E-state index contributed by atoms with van der Waals surface area (Å²) in [6.07, 6.45) is 62.5. The lowest BCUT2D eigenvalue weighted by Crippen LogP contribution is -2.30. The molecule has 0 rings (SSSR count). The molecular weight excluding hydrogens is 745 g/mol. The molecule has 0 N–H and O–H groups in total. The third-order valence-corrected chi connectivity index (χ3v) is 9.83. The molecule has 0 aliphatic rings. The predicted molar refractivity (Wildman–Crippen MR) is 256 cm³/mol. The minimum absolute atomic E-state index is 0.107. The van der Waals surface area contributed by atoms with Gasteiger partial charge in [-0.1, -0.05) is 195 Å². The van der Waals surface area contributed by atoms with Gasteiger partial charge in [0.15, 0.2) is 6.10 Å². The van der Waals surface area contributed by atoms with Gasteiger partial charge in [0, 0.05) is 19.3 Å². The first-order valence-electron chi connectivity index (χ1n) is 24.2. The smallest absolute Gasteiger partial charge is 0.306 e. The van der Waals surface area contributed by atoms with E-state index in [1.54, 1.807) is 0 Å². The fourth-order valence-electron chi connectivity index (χ4n) is 6.26. The van der Waals surface area contributed by atoms with E-state index in [4.69, 9.17) is 14.2 Å². The van der Waals surface area contributed by atoms with Crippen LogP contribution in [0.25, 0.3) is 0 Å². The van der Waals surface area contributed by atoms with Gasteiger partial charge < -0.3 is 14.2 Å². The summed E-state index contributed by atoms with van der Waals surface area (Å²) in [4.78, 5) is 37.8. The van der Waals surface area contributed by atoms with Gasteiger partial charge in [0.2, 0.25) is 0 Å². The predicted octanol–water partition coefficient (Wildman–Crippen LogP) is 15.8. The Morgan fingerprint density at radius 3 is 1.08 bits per heavy atom. The Morgan fingerprint density at radius 1 is 0.350 bits per heavy atom. The average molecular weight is 833 g/mol. The lowest BCUT2D eigenvalue weighted by molar-refractivity contribution is -0.167. The summed E-state index contributed by atoms with van der Waals surface area (Å²) in [7, 11) is 0. The summed E-state index contributed by atoms with van der Waals surface area (Å²) >= 11 is 0. The van der Waals surface area contributed by atoms with E-state index >= 15 is 0 Å². The van der Waals surface area contributed by atoms with Crippen LogP contribution in [0, 0.1) is 0 Å². The van der Waals surface area contributed by atoms with Gasteiger partial charge in [-0.15, -0.1) is 0 Å². The summed E-state index contributed by atoms with van der Waals surface area (Å²) in [6.45, 7) is 6.31. The normalized spacial score (nSPS) is 12.9. The highest BCUT2D eigenvalue weighted by Gasteiger charge is 2.19. The maximum Gasteiger partial charge on any atom is 0.306 e. The maximum atomic E-state index is 12.7. The van der Waals surface area contributed by atoms with Gasteiger partial charge in [0.05, 0.1) is 0 Å². The Labute approximate surface area is 368 Å². The van der Waals surface area contributed by atoms with Crippen LogP contribution in [0.4, 0.5) is 0 Å². The van der Waals surface area contributed by atoms with Crippen molar-refractivity contribution in [1.82, 2.24) is 0 Å². The van der Waals surface area contributed by atoms with Gasteiger partial charge in [-0.25, -0.2) is 0 Å². The third-order valence-electron chi connectivity index (χ3n) is 9.83. The molecule has 0 amide bonds. The standard InChI is InChI=1S/C54H88O6/c1-4-7-10-13-16-19-22-25-26-27-28-30-32-35-38-41-44-47-53(56)59-50-51(49-58-52(55)46-43-40-37-34-31-24-21-18-15-12-9-6-3)60-54(57)48-45-42-39-36-33-29-23-20-17-14-11-8-5-2/h7-8,10-11,16-17,19-20,25-26,28-30,33,35,38,51H,4-6,9,12-15,18,21-24,27,31-32,34,36-37,39-50H2,1-3H3/b10-7-,11-8-,19-16-,20-17-,26-25-,30-28-,33-29-,38-35-. The molecule has 340 valence electrons. The summed E-state index contributed by atoms with van der Waals surface area (Å²) in [5.41, 5.74) is 0. The number of ether oxygens (including phenoxy) is 3. The first-order chi connectivity index (χ1) is 29.5.